The summed E-state index contributed by atoms with van der Waals surface area (Å²) in [7, 11) is -3.60. The molecule has 6 nitrogen and oxygen atoms in total. The fraction of sp³-hybridized carbons (Fsp3) is 0.429. The molecule has 0 radical (unpaired) electrons. The van der Waals surface area contributed by atoms with Crippen molar-refractivity contribution in [1.29, 1.82) is 0 Å². The number of aryl methyl sites for hydroxylation is 2. The lowest BCUT2D eigenvalue weighted by atomic mass is 10.1. The maximum absolute atomic E-state index is 12.9. The number of hydrogen-bond donors (Lipinski definition) is 0. The quantitative estimate of drug-likeness (QED) is 0.869. The lowest BCUT2D eigenvalue weighted by molar-refractivity contribution is 0.383. The minimum atomic E-state index is -3.60. The molecule has 2 aromatic rings. The van der Waals surface area contributed by atoms with Crippen LogP contribution in [0.4, 0.5) is 0 Å². The summed E-state index contributed by atoms with van der Waals surface area (Å²) in [6.07, 6.45) is 5.05. The second-order valence-corrected chi connectivity index (χ2v) is 7.04. The average molecular weight is 307 g/mol. The predicted octanol–water partition coefficient (Wildman–Crippen LogP) is 2.21. The van der Waals surface area contributed by atoms with Crippen molar-refractivity contribution < 1.29 is 12.9 Å². The highest BCUT2D eigenvalue weighted by atomic mass is 32.2. The molecule has 0 N–H and O–H groups in total. The number of hydrogen-bond acceptors (Lipinski definition) is 5. The third-order valence-electron chi connectivity index (χ3n) is 3.81. The third-order valence-corrected chi connectivity index (χ3v) is 5.96. The minimum absolute atomic E-state index is 0.169. The fourth-order valence-electron chi connectivity index (χ4n) is 2.89. The summed E-state index contributed by atoms with van der Waals surface area (Å²) in [6, 6.07) is 3.57. The van der Waals surface area contributed by atoms with Gasteiger partial charge in [0.05, 0.1) is 6.04 Å². The number of pyridine rings is 1. The van der Waals surface area contributed by atoms with E-state index in [9.17, 15) is 8.42 Å². The zero-order valence-corrected chi connectivity index (χ0v) is 12.8. The number of nitrogens with zero attached hydrogens (tertiary/aromatic N) is 3. The Bertz CT molecular complexity index is 721. The van der Waals surface area contributed by atoms with Crippen LogP contribution in [0.15, 0.2) is 33.9 Å². The van der Waals surface area contributed by atoms with Crippen LogP contribution in [-0.4, -0.2) is 29.4 Å². The Labute approximate surface area is 123 Å². The van der Waals surface area contributed by atoms with Gasteiger partial charge in [0.2, 0.25) is 10.0 Å². The molecule has 1 saturated heterocycles. The van der Waals surface area contributed by atoms with Crippen LogP contribution in [0.25, 0.3) is 0 Å². The predicted molar refractivity (Wildman–Crippen MR) is 76.1 cm³/mol. The Hall–Kier alpha value is -1.73. The molecule has 1 unspecified atom stereocenters. The van der Waals surface area contributed by atoms with Crippen molar-refractivity contribution in [2.45, 2.75) is 37.6 Å². The summed E-state index contributed by atoms with van der Waals surface area (Å²) in [5, 5.41) is 3.76. The van der Waals surface area contributed by atoms with Gasteiger partial charge in [-0.05, 0) is 38.3 Å². The second-order valence-electron chi connectivity index (χ2n) is 5.21. The van der Waals surface area contributed by atoms with Crippen molar-refractivity contribution in [3.05, 3.63) is 41.5 Å². The molecule has 0 bridgehead atoms. The van der Waals surface area contributed by atoms with E-state index in [0.717, 1.165) is 18.4 Å². The van der Waals surface area contributed by atoms with Crippen LogP contribution >= 0.6 is 0 Å². The summed E-state index contributed by atoms with van der Waals surface area (Å²) >= 11 is 0. The van der Waals surface area contributed by atoms with Gasteiger partial charge in [-0.15, -0.1) is 0 Å². The molecule has 3 heterocycles. The normalized spacial score (nSPS) is 20.0. The fourth-order valence-corrected chi connectivity index (χ4v) is 4.87. The van der Waals surface area contributed by atoms with Crippen LogP contribution in [0, 0.1) is 13.8 Å². The van der Waals surface area contributed by atoms with Crippen molar-refractivity contribution in [3.8, 4) is 0 Å². The van der Waals surface area contributed by atoms with E-state index in [2.05, 4.69) is 10.1 Å². The highest BCUT2D eigenvalue weighted by Crippen LogP contribution is 2.37. The van der Waals surface area contributed by atoms with Gasteiger partial charge in [0, 0.05) is 18.9 Å². The zero-order chi connectivity index (χ0) is 15.0. The maximum Gasteiger partial charge on any atom is 0.249 e. The zero-order valence-electron chi connectivity index (χ0n) is 12.0. The monoisotopic (exact) mass is 307 g/mol. The van der Waals surface area contributed by atoms with Crippen LogP contribution in [-0.2, 0) is 10.0 Å². The number of aromatic nitrogens is 2. The van der Waals surface area contributed by atoms with E-state index in [1.165, 1.54) is 4.31 Å². The molecule has 21 heavy (non-hydrogen) atoms. The minimum Gasteiger partial charge on any atom is -0.360 e. The van der Waals surface area contributed by atoms with Crippen molar-refractivity contribution >= 4 is 10.0 Å². The van der Waals surface area contributed by atoms with Gasteiger partial charge in [0.15, 0.2) is 5.76 Å². The highest BCUT2D eigenvalue weighted by Gasteiger charge is 2.39. The summed E-state index contributed by atoms with van der Waals surface area (Å²) < 4.78 is 32.4. The molecular weight excluding hydrogens is 290 g/mol. The van der Waals surface area contributed by atoms with Gasteiger partial charge in [0.1, 0.15) is 10.6 Å². The first-order valence-electron chi connectivity index (χ1n) is 6.86. The lowest BCUT2D eigenvalue weighted by Gasteiger charge is -2.23. The first-order chi connectivity index (χ1) is 10.0. The molecule has 0 aliphatic carbocycles. The van der Waals surface area contributed by atoms with E-state index in [-0.39, 0.29) is 10.9 Å². The first-order valence-corrected chi connectivity index (χ1v) is 8.30. The van der Waals surface area contributed by atoms with E-state index in [0.29, 0.717) is 18.0 Å². The Morgan fingerprint density at radius 1 is 1.38 bits per heavy atom. The van der Waals surface area contributed by atoms with E-state index in [1.54, 1.807) is 26.2 Å². The summed E-state index contributed by atoms with van der Waals surface area (Å²) in [4.78, 5) is 4.28. The molecule has 1 aliphatic heterocycles. The van der Waals surface area contributed by atoms with Gasteiger partial charge < -0.3 is 4.52 Å². The molecule has 1 atom stereocenters. The van der Waals surface area contributed by atoms with Crippen LogP contribution < -0.4 is 0 Å². The Morgan fingerprint density at radius 3 is 2.81 bits per heavy atom. The number of rotatable bonds is 3. The third kappa shape index (κ3) is 2.36. The van der Waals surface area contributed by atoms with Gasteiger partial charge >= 0.3 is 0 Å². The van der Waals surface area contributed by atoms with E-state index < -0.39 is 10.0 Å². The van der Waals surface area contributed by atoms with Crippen LogP contribution in [0.1, 0.15) is 35.9 Å². The molecule has 1 fully saturated rings. The standard InChI is InChI=1S/C14H17N3O3S/c1-10-14(11(2)20-16-10)21(18,19)17-8-4-6-13(17)12-5-3-7-15-9-12/h3,5,7,9,13H,4,6,8H2,1-2H3. The van der Waals surface area contributed by atoms with E-state index in [4.69, 9.17) is 4.52 Å². The second kappa shape index (κ2) is 5.23. The SMILES string of the molecule is Cc1noc(C)c1S(=O)(=O)N1CCCC1c1cccnc1. The summed E-state index contributed by atoms with van der Waals surface area (Å²) in [6.45, 7) is 3.78. The van der Waals surface area contributed by atoms with Crippen LogP contribution in [0.3, 0.4) is 0 Å². The van der Waals surface area contributed by atoms with Gasteiger partial charge in [-0.3, -0.25) is 4.98 Å². The molecule has 0 saturated carbocycles. The largest absolute Gasteiger partial charge is 0.360 e. The molecule has 3 rings (SSSR count). The van der Waals surface area contributed by atoms with Crippen molar-refractivity contribution in [3.63, 3.8) is 0 Å². The molecule has 0 amide bonds. The van der Waals surface area contributed by atoms with Crippen LogP contribution in [0.5, 0.6) is 0 Å². The van der Waals surface area contributed by atoms with E-state index >= 15 is 0 Å². The first kappa shape index (κ1) is 14.2. The molecule has 1 aliphatic rings. The molecule has 112 valence electrons. The molecule has 0 aromatic carbocycles. The summed E-state index contributed by atoms with van der Waals surface area (Å²) in [5.74, 6) is 0.337. The van der Waals surface area contributed by atoms with Crippen molar-refractivity contribution in [1.82, 2.24) is 14.4 Å². The highest BCUT2D eigenvalue weighted by molar-refractivity contribution is 7.89. The Kier molecular flexibility index (Phi) is 3.54. The van der Waals surface area contributed by atoms with E-state index in [1.807, 2.05) is 12.1 Å². The topological polar surface area (TPSA) is 76.3 Å². The van der Waals surface area contributed by atoms with Gasteiger partial charge in [0.25, 0.3) is 0 Å². The number of sulfonamides is 1. The lowest BCUT2D eigenvalue weighted by Crippen LogP contribution is -2.31. The Balaban J connectivity index is 2.03. The van der Waals surface area contributed by atoms with Crippen molar-refractivity contribution in [2.24, 2.45) is 0 Å². The van der Waals surface area contributed by atoms with Crippen molar-refractivity contribution in [2.75, 3.05) is 6.54 Å². The van der Waals surface area contributed by atoms with Crippen LogP contribution in [0.2, 0.25) is 0 Å². The molecular formula is C14H17N3O3S. The smallest absolute Gasteiger partial charge is 0.249 e. The molecule has 7 heteroatoms. The average Bonchev–Trinajstić information content (AvgIpc) is 3.07. The molecule has 0 spiro atoms. The molecule has 2 aromatic heterocycles. The van der Waals surface area contributed by atoms with Gasteiger partial charge in [-0.25, -0.2) is 8.42 Å². The van der Waals surface area contributed by atoms with Gasteiger partial charge in [-0.1, -0.05) is 11.2 Å². The summed E-state index contributed by atoms with van der Waals surface area (Å²) in [5.41, 5.74) is 1.33. The van der Waals surface area contributed by atoms with Gasteiger partial charge in [-0.2, -0.15) is 4.31 Å². The Morgan fingerprint density at radius 2 is 2.19 bits per heavy atom. The maximum atomic E-state index is 12.9.